The highest BCUT2D eigenvalue weighted by Crippen LogP contribution is 1.89. The molecule has 0 fully saturated rings. The fourth-order valence-electron chi connectivity index (χ4n) is 0.863. The van der Waals surface area contributed by atoms with E-state index in [9.17, 15) is 4.79 Å². The lowest BCUT2D eigenvalue weighted by Crippen LogP contribution is -2.19. The molecule has 1 heterocycles. The van der Waals surface area contributed by atoms with E-state index >= 15 is 0 Å². The molecule has 0 bridgehead atoms. The molecule has 2 N–H and O–H groups in total. The summed E-state index contributed by atoms with van der Waals surface area (Å²) in [6.07, 6.45) is 1.73. The zero-order chi connectivity index (χ0) is 9.68. The van der Waals surface area contributed by atoms with Crippen LogP contribution in [0.25, 0.3) is 0 Å². The first-order valence-corrected chi connectivity index (χ1v) is 3.95. The van der Waals surface area contributed by atoms with Crippen molar-refractivity contribution in [2.24, 2.45) is 7.05 Å². The molecular formula is C7H12N4O2. The number of aryl methyl sites for hydroxylation is 1. The molecule has 6 nitrogen and oxygen atoms in total. The van der Waals surface area contributed by atoms with Gasteiger partial charge in [-0.05, 0) is 0 Å². The van der Waals surface area contributed by atoms with E-state index in [-0.39, 0.29) is 6.42 Å². The lowest BCUT2D eigenvalue weighted by molar-refractivity contribution is -0.136. The third-order valence-electron chi connectivity index (χ3n) is 1.60. The number of aliphatic carboxylic acids is 1. The fraction of sp³-hybridized carbons (Fsp3) is 0.571. The van der Waals surface area contributed by atoms with E-state index in [1.54, 1.807) is 10.9 Å². The summed E-state index contributed by atoms with van der Waals surface area (Å²) in [4.78, 5) is 10.2. The van der Waals surface area contributed by atoms with Gasteiger partial charge in [0.2, 0.25) is 0 Å². The van der Waals surface area contributed by atoms with Crippen LogP contribution in [0.1, 0.15) is 12.2 Å². The zero-order valence-electron chi connectivity index (χ0n) is 7.40. The molecule has 0 saturated carbocycles. The Kier molecular flexibility index (Phi) is 3.39. The zero-order valence-corrected chi connectivity index (χ0v) is 7.40. The smallest absolute Gasteiger partial charge is 0.304 e. The summed E-state index contributed by atoms with van der Waals surface area (Å²) >= 11 is 0. The number of nitrogens with zero attached hydrogens (tertiary/aromatic N) is 3. The summed E-state index contributed by atoms with van der Waals surface area (Å²) < 4.78 is 1.79. The third-order valence-corrected chi connectivity index (χ3v) is 1.60. The van der Waals surface area contributed by atoms with Crippen molar-refractivity contribution in [1.82, 2.24) is 20.1 Å². The van der Waals surface area contributed by atoms with Crippen LogP contribution in [0.2, 0.25) is 0 Å². The Balaban J connectivity index is 2.20. The Morgan fingerprint density at radius 3 is 3.08 bits per heavy atom. The molecule has 0 aliphatic carbocycles. The molecule has 1 rings (SSSR count). The highest BCUT2D eigenvalue weighted by Gasteiger charge is 2.00. The first-order valence-electron chi connectivity index (χ1n) is 3.95. The van der Waals surface area contributed by atoms with Crippen LogP contribution in [-0.4, -0.2) is 32.4 Å². The molecule has 72 valence electrons. The molecular weight excluding hydrogens is 172 g/mol. The summed E-state index contributed by atoms with van der Waals surface area (Å²) in [6.45, 7) is 0.992. The van der Waals surface area contributed by atoms with E-state index in [4.69, 9.17) is 5.11 Å². The quantitative estimate of drug-likeness (QED) is 0.596. The van der Waals surface area contributed by atoms with Crippen molar-refractivity contribution in [1.29, 1.82) is 0 Å². The monoisotopic (exact) mass is 184 g/mol. The molecule has 1 aromatic rings. The summed E-state index contributed by atoms with van der Waals surface area (Å²) in [5.41, 5.74) is 0. The highest BCUT2D eigenvalue weighted by atomic mass is 16.4. The van der Waals surface area contributed by atoms with Crippen LogP contribution in [0, 0.1) is 0 Å². The lowest BCUT2D eigenvalue weighted by Gasteiger charge is -2.01. The number of carboxylic acids is 1. The van der Waals surface area contributed by atoms with Crippen molar-refractivity contribution < 1.29 is 9.90 Å². The molecule has 0 radical (unpaired) electrons. The van der Waals surface area contributed by atoms with E-state index < -0.39 is 5.97 Å². The van der Waals surface area contributed by atoms with Crippen molar-refractivity contribution in [2.75, 3.05) is 6.54 Å². The molecule has 0 aromatic carbocycles. The minimum absolute atomic E-state index is 0.123. The maximum Gasteiger partial charge on any atom is 0.304 e. The van der Waals surface area contributed by atoms with Crippen LogP contribution in [0.5, 0.6) is 0 Å². The van der Waals surface area contributed by atoms with Gasteiger partial charge in [-0.15, -0.1) is 10.2 Å². The summed E-state index contributed by atoms with van der Waals surface area (Å²) in [5, 5.41) is 18.8. The van der Waals surface area contributed by atoms with Gasteiger partial charge in [0.25, 0.3) is 0 Å². The third kappa shape index (κ3) is 3.20. The number of carboxylic acid groups (broad SMARTS) is 1. The second kappa shape index (κ2) is 4.56. The number of hydrogen-bond donors (Lipinski definition) is 2. The van der Waals surface area contributed by atoms with Crippen molar-refractivity contribution in [2.45, 2.75) is 13.0 Å². The van der Waals surface area contributed by atoms with Crippen molar-refractivity contribution in [3.8, 4) is 0 Å². The lowest BCUT2D eigenvalue weighted by atomic mass is 10.4. The Labute approximate surface area is 75.6 Å². The molecule has 0 amide bonds. The molecule has 0 aliphatic rings. The number of rotatable bonds is 5. The number of hydrogen-bond acceptors (Lipinski definition) is 4. The molecule has 6 heteroatoms. The van der Waals surface area contributed by atoms with E-state index in [2.05, 4.69) is 15.5 Å². The maximum atomic E-state index is 10.2. The minimum atomic E-state index is -0.800. The Morgan fingerprint density at radius 1 is 1.77 bits per heavy atom. The van der Waals surface area contributed by atoms with Gasteiger partial charge in [0.05, 0.1) is 13.0 Å². The Hall–Kier alpha value is -1.43. The van der Waals surface area contributed by atoms with Gasteiger partial charge in [0.1, 0.15) is 12.2 Å². The van der Waals surface area contributed by atoms with Crippen LogP contribution < -0.4 is 5.32 Å². The Bertz CT molecular complexity index is 284. The number of nitrogens with one attached hydrogen (secondary N) is 1. The highest BCUT2D eigenvalue weighted by molar-refractivity contribution is 5.66. The average Bonchev–Trinajstić information content (AvgIpc) is 2.45. The standard InChI is InChI=1S/C7H12N4O2/c1-11-5-9-10-6(11)4-8-3-2-7(12)13/h5,8H,2-4H2,1H3,(H,12,13). The van der Waals surface area contributed by atoms with E-state index in [1.807, 2.05) is 7.05 Å². The van der Waals surface area contributed by atoms with E-state index in [1.165, 1.54) is 0 Å². The number of carbonyl (C=O) groups is 1. The van der Waals surface area contributed by atoms with Gasteiger partial charge in [-0.2, -0.15) is 0 Å². The van der Waals surface area contributed by atoms with Gasteiger partial charge in [-0.25, -0.2) is 0 Å². The van der Waals surface area contributed by atoms with Crippen molar-refractivity contribution in [3.05, 3.63) is 12.2 Å². The largest absolute Gasteiger partial charge is 0.481 e. The minimum Gasteiger partial charge on any atom is -0.481 e. The molecule has 0 saturated heterocycles. The van der Waals surface area contributed by atoms with E-state index in [0.29, 0.717) is 13.1 Å². The van der Waals surface area contributed by atoms with Crippen molar-refractivity contribution in [3.63, 3.8) is 0 Å². The number of aromatic nitrogens is 3. The first-order chi connectivity index (χ1) is 6.20. The molecule has 0 aliphatic heterocycles. The van der Waals surface area contributed by atoms with Crippen LogP contribution in [0.15, 0.2) is 6.33 Å². The van der Waals surface area contributed by atoms with E-state index in [0.717, 1.165) is 5.82 Å². The van der Waals surface area contributed by atoms with Gasteiger partial charge in [-0.1, -0.05) is 0 Å². The second-order valence-corrected chi connectivity index (χ2v) is 2.68. The second-order valence-electron chi connectivity index (χ2n) is 2.68. The van der Waals surface area contributed by atoms with Crippen LogP contribution in [-0.2, 0) is 18.4 Å². The van der Waals surface area contributed by atoms with Gasteiger partial charge >= 0.3 is 5.97 Å². The Morgan fingerprint density at radius 2 is 2.54 bits per heavy atom. The maximum absolute atomic E-state index is 10.2. The normalized spacial score (nSPS) is 10.2. The molecule has 0 unspecified atom stereocenters. The summed E-state index contributed by atoms with van der Waals surface area (Å²) in [6, 6.07) is 0. The SMILES string of the molecule is Cn1cnnc1CNCCC(=O)O. The molecule has 0 atom stereocenters. The predicted octanol–water partition coefficient (Wildman–Crippen LogP) is -0.621. The van der Waals surface area contributed by atoms with Crippen LogP contribution >= 0.6 is 0 Å². The fourth-order valence-corrected chi connectivity index (χ4v) is 0.863. The van der Waals surface area contributed by atoms with Crippen LogP contribution in [0.4, 0.5) is 0 Å². The molecule has 13 heavy (non-hydrogen) atoms. The first kappa shape index (κ1) is 9.66. The van der Waals surface area contributed by atoms with Gasteiger partial charge in [0.15, 0.2) is 0 Å². The predicted molar refractivity (Wildman–Crippen MR) is 45.0 cm³/mol. The van der Waals surface area contributed by atoms with Gasteiger partial charge in [0, 0.05) is 13.6 Å². The molecule has 0 spiro atoms. The molecule has 1 aromatic heterocycles. The topological polar surface area (TPSA) is 80.0 Å². The van der Waals surface area contributed by atoms with Crippen LogP contribution in [0.3, 0.4) is 0 Å². The van der Waals surface area contributed by atoms with Crippen molar-refractivity contribution >= 4 is 5.97 Å². The summed E-state index contributed by atoms with van der Waals surface area (Å²) in [7, 11) is 1.84. The average molecular weight is 184 g/mol. The summed E-state index contributed by atoms with van der Waals surface area (Å²) in [5.74, 6) is -0.00384. The van der Waals surface area contributed by atoms with Gasteiger partial charge in [-0.3, -0.25) is 4.79 Å². The van der Waals surface area contributed by atoms with Gasteiger partial charge < -0.3 is 15.0 Å².